The Hall–Kier alpha value is -2.14. The second-order valence-electron chi connectivity index (χ2n) is 5.13. The Bertz CT molecular complexity index is 521. The Balaban J connectivity index is 1.92. The lowest BCUT2D eigenvalue weighted by Crippen LogP contribution is -2.45. The van der Waals surface area contributed by atoms with E-state index in [9.17, 15) is 9.59 Å². The predicted octanol–water partition coefficient (Wildman–Crippen LogP) is 1.93. The van der Waals surface area contributed by atoms with E-state index in [2.05, 4.69) is 5.32 Å². The summed E-state index contributed by atoms with van der Waals surface area (Å²) in [5, 5.41) is 2.71. The van der Waals surface area contributed by atoms with Gasteiger partial charge in [-0.25, -0.2) is 4.79 Å². The van der Waals surface area contributed by atoms with E-state index in [1.54, 1.807) is 0 Å². The average Bonchev–Trinajstić information content (AvgIpc) is 3.08. The largest absolute Gasteiger partial charge is 0.467 e. The fraction of sp³-hybridized carbons (Fsp3) is 0.412. The van der Waals surface area contributed by atoms with Crippen molar-refractivity contribution in [3.05, 3.63) is 42.0 Å². The van der Waals surface area contributed by atoms with E-state index in [0.29, 0.717) is 19.4 Å². The van der Waals surface area contributed by atoms with Crippen molar-refractivity contribution in [3.63, 3.8) is 0 Å². The normalized spacial score (nSPS) is 19.0. The zero-order chi connectivity index (χ0) is 15.8. The van der Waals surface area contributed by atoms with E-state index in [4.69, 9.17) is 9.47 Å². The van der Waals surface area contributed by atoms with Gasteiger partial charge in [0.25, 0.3) is 0 Å². The summed E-state index contributed by atoms with van der Waals surface area (Å²) in [5.41, 5.74) is 1.04. The molecule has 0 aliphatic carbocycles. The smallest absolute Gasteiger partial charge is 0.328 e. The zero-order valence-corrected chi connectivity index (χ0v) is 12.7. The summed E-state index contributed by atoms with van der Waals surface area (Å²) in [4.78, 5) is 23.8. The van der Waals surface area contributed by atoms with Crippen LogP contribution in [-0.2, 0) is 19.1 Å². The first-order valence-corrected chi connectivity index (χ1v) is 7.42. The maximum Gasteiger partial charge on any atom is 0.328 e. The van der Waals surface area contributed by atoms with Crippen LogP contribution in [0.4, 0.5) is 0 Å². The summed E-state index contributed by atoms with van der Waals surface area (Å²) >= 11 is 0. The second kappa shape index (κ2) is 8.34. The van der Waals surface area contributed by atoms with Crippen LogP contribution in [0.1, 0.15) is 24.8 Å². The number of benzene rings is 1. The molecule has 1 aromatic rings. The quantitative estimate of drug-likeness (QED) is 0.816. The van der Waals surface area contributed by atoms with E-state index in [-0.39, 0.29) is 5.91 Å². The molecule has 0 aromatic heterocycles. The van der Waals surface area contributed by atoms with Gasteiger partial charge in [-0.3, -0.25) is 4.79 Å². The number of carbonyl (C=O) groups is 2. The number of amides is 1. The minimum Gasteiger partial charge on any atom is -0.467 e. The Morgan fingerprint density at radius 1 is 1.41 bits per heavy atom. The van der Waals surface area contributed by atoms with E-state index >= 15 is 0 Å². The molecule has 0 saturated carbocycles. The molecule has 22 heavy (non-hydrogen) atoms. The molecule has 1 aliphatic heterocycles. The monoisotopic (exact) mass is 303 g/mol. The molecule has 1 aromatic carbocycles. The van der Waals surface area contributed by atoms with Crippen LogP contribution in [0.15, 0.2) is 36.4 Å². The summed E-state index contributed by atoms with van der Waals surface area (Å²) in [6, 6.07) is 9.06. The van der Waals surface area contributed by atoms with Crippen molar-refractivity contribution in [3.8, 4) is 0 Å². The molecule has 2 atom stereocenters. The Kier molecular flexibility index (Phi) is 6.15. The lowest BCUT2D eigenvalue weighted by atomic mass is 10.1. The van der Waals surface area contributed by atoms with Crippen LogP contribution in [0.5, 0.6) is 0 Å². The molecule has 1 fully saturated rings. The number of esters is 1. The van der Waals surface area contributed by atoms with Crippen molar-refractivity contribution in [1.82, 2.24) is 5.32 Å². The first-order chi connectivity index (χ1) is 10.7. The fourth-order valence-electron chi connectivity index (χ4n) is 2.31. The van der Waals surface area contributed by atoms with Crippen molar-refractivity contribution in [2.45, 2.75) is 31.4 Å². The molecule has 5 nitrogen and oxygen atoms in total. The van der Waals surface area contributed by atoms with Crippen molar-refractivity contribution >= 4 is 18.0 Å². The number of rotatable bonds is 6. The molecule has 1 heterocycles. The third-order valence-electron chi connectivity index (χ3n) is 3.51. The molecule has 5 heteroatoms. The summed E-state index contributed by atoms with van der Waals surface area (Å²) in [5.74, 6) is -0.704. The highest BCUT2D eigenvalue weighted by Crippen LogP contribution is 2.13. The van der Waals surface area contributed by atoms with Crippen molar-refractivity contribution in [2.24, 2.45) is 0 Å². The van der Waals surface area contributed by atoms with Crippen LogP contribution in [0.3, 0.4) is 0 Å². The standard InChI is InChI=1S/C17H21NO4/c1-21-17(20)14(18-16(19)15-11-6-12-22-15)10-5-9-13-7-3-2-4-8-13/h2-5,7-9,14-15H,6,10-12H2,1H3,(H,18,19)/b9-5+/t14-,15-/m1/s1. The fourth-order valence-corrected chi connectivity index (χ4v) is 2.31. The van der Waals surface area contributed by atoms with E-state index in [0.717, 1.165) is 12.0 Å². The maximum absolute atomic E-state index is 12.0. The van der Waals surface area contributed by atoms with Gasteiger partial charge in [-0.1, -0.05) is 42.5 Å². The summed E-state index contributed by atoms with van der Waals surface area (Å²) in [6.07, 6.45) is 5.25. The minimum atomic E-state index is -0.693. The molecule has 118 valence electrons. The Morgan fingerprint density at radius 3 is 2.82 bits per heavy atom. The van der Waals surface area contributed by atoms with Gasteiger partial charge in [-0.05, 0) is 24.8 Å². The second-order valence-corrected chi connectivity index (χ2v) is 5.13. The van der Waals surface area contributed by atoms with Gasteiger partial charge in [-0.15, -0.1) is 0 Å². The van der Waals surface area contributed by atoms with Crippen LogP contribution < -0.4 is 5.32 Å². The van der Waals surface area contributed by atoms with Crippen molar-refractivity contribution in [1.29, 1.82) is 0 Å². The zero-order valence-electron chi connectivity index (χ0n) is 12.7. The van der Waals surface area contributed by atoms with Crippen LogP contribution >= 0.6 is 0 Å². The maximum atomic E-state index is 12.0. The molecule has 2 rings (SSSR count). The Labute approximate surface area is 130 Å². The minimum absolute atomic E-state index is 0.249. The van der Waals surface area contributed by atoms with E-state index in [1.807, 2.05) is 42.5 Å². The van der Waals surface area contributed by atoms with Gasteiger partial charge in [-0.2, -0.15) is 0 Å². The first kappa shape index (κ1) is 16.2. The lowest BCUT2D eigenvalue weighted by molar-refractivity contribution is -0.146. The number of ether oxygens (including phenoxy) is 2. The summed E-state index contributed by atoms with van der Waals surface area (Å²) < 4.78 is 10.1. The predicted molar refractivity (Wildman–Crippen MR) is 83.0 cm³/mol. The molecule has 0 bridgehead atoms. The van der Waals surface area contributed by atoms with Gasteiger partial charge in [0.2, 0.25) is 5.91 Å². The van der Waals surface area contributed by atoms with Gasteiger partial charge in [0, 0.05) is 6.61 Å². The van der Waals surface area contributed by atoms with Gasteiger partial charge >= 0.3 is 5.97 Å². The molecule has 1 N–H and O–H groups in total. The molecule has 0 spiro atoms. The average molecular weight is 303 g/mol. The first-order valence-electron chi connectivity index (χ1n) is 7.42. The third kappa shape index (κ3) is 4.70. The molecule has 0 unspecified atom stereocenters. The van der Waals surface area contributed by atoms with E-state index < -0.39 is 18.1 Å². The third-order valence-corrected chi connectivity index (χ3v) is 3.51. The van der Waals surface area contributed by atoms with Crippen molar-refractivity contribution < 1.29 is 19.1 Å². The van der Waals surface area contributed by atoms with Gasteiger partial charge in [0.05, 0.1) is 7.11 Å². The van der Waals surface area contributed by atoms with Crippen LogP contribution in [0.2, 0.25) is 0 Å². The topological polar surface area (TPSA) is 64.6 Å². The lowest BCUT2D eigenvalue weighted by Gasteiger charge is -2.17. The SMILES string of the molecule is COC(=O)[C@@H](C/C=C/c1ccccc1)NC(=O)[C@H]1CCCO1. The van der Waals surface area contributed by atoms with E-state index in [1.165, 1.54) is 7.11 Å². The number of carbonyl (C=O) groups excluding carboxylic acids is 2. The highest BCUT2D eigenvalue weighted by Gasteiger charge is 2.28. The van der Waals surface area contributed by atoms with Crippen LogP contribution in [0, 0.1) is 0 Å². The summed E-state index contributed by atoms with van der Waals surface area (Å²) in [7, 11) is 1.31. The van der Waals surface area contributed by atoms with Crippen molar-refractivity contribution in [2.75, 3.05) is 13.7 Å². The highest BCUT2D eigenvalue weighted by molar-refractivity contribution is 5.87. The molecular weight excluding hydrogens is 282 g/mol. The van der Waals surface area contributed by atoms with Gasteiger partial charge < -0.3 is 14.8 Å². The number of methoxy groups -OCH3 is 1. The number of nitrogens with one attached hydrogen (secondary N) is 1. The van der Waals surface area contributed by atoms with Gasteiger partial charge in [0.1, 0.15) is 12.1 Å². The summed E-state index contributed by atoms with van der Waals surface area (Å²) in [6.45, 7) is 0.592. The molecule has 1 amide bonds. The van der Waals surface area contributed by atoms with Crippen LogP contribution in [0.25, 0.3) is 6.08 Å². The number of hydrogen-bond donors (Lipinski definition) is 1. The molecule has 1 saturated heterocycles. The highest BCUT2D eigenvalue weighted by atomic mass is 16.5. The van der Waals surface area contributed by atoms with Gasteiger partial charge in [0.15, 0.2) is 0 Å². The van der Waals surface area contributed by atoms with Crippen LogP contribution in [-0.4, -0.2) is 37.7 Å². The molecule has 0 radical (unpaired) electrons. The molecule has 1 aliphatic rings. The number of hydrogen-bond acceptors (Lipinski definition) is 4. The molecular formula is C17H21NO4. The Morgan fingerprint density at radius 2 is 2.18 bits per heavy atom.